The van der Waals surface area contributed by atoms with Crippen molar-refractivity contribution >= 4 is 17.5 Å². The van der Waals surface area contributed by atoms with Gasteiger partial charge in [-0.05, 0) is 19.1 Å². The van der Waals surface area contributed by atoms with E-state index in [1.807, 2.05) is 20.1 Å². The predicted molar refractivity (Wildman–Crippen MR) is 55.4 cm³/mol. The van der Waals surface area contributed by atoms with Crippen molar-refractivity contribution in [3.05, 3.63) is 0 Å². The number of thioether (sulfide) groups is 1. The van der Waals surface area contributed by atoms with E-state index in [1.165, 1.54) is 0 Å². The van der Waals surface area contributed by atoms with Crippen molar-refractivity contribution in [2.75, 3.05) is 6.26 Å². The van der Waals surface area contributed by atoms with Crippen LogP contribution >= 0.6 is 11.8 Å². The molecule has 0 aromatic heterocycles. The molecule has 3 atom stereocenters. The Hall–Kier alpha value is -0.0200. The molecule has 0 aliphatic rings. The Labute approximate surface area is 79.3 Å². The summed E-state index contributed by atoms with van der Waals surface area (Å²) in [7, 11) is 0. The van der Waals surface area contributed by atoms with Crippen LogP contribution in [-0.4, -0.2) is 23.3 Å². The molecule has 0 amide bonds. The zero-order valence-electron chi connectivity index (χ0n) is 8.33. The molecule has 12 heavy (non-hydrogen) atoms. The number of Topliss-reactive ketones (excluding diaryl/α,β-unsaturated/α-hetero) is 1. The first kappa shape index (κ1) is 12.0. The molecule has 2 N–H and O–H groups in total. The van der Waals surface area contributed by atoms with Crippen LogP contribution in [0.5, 0.6) is 0 Å². The summed E-state index contributed by atoms with van der Waals surface area (Å²) in [5.41, 5.74) is 5.78. The molecule has 0 saturated carbocycles. The largest absolute Gasteiger partial charge is 0.321 e. The Morgan fingerprint density at radius 1 is 1.50 bits per heavy atom. The molecular weight excluding hydrogens is 170 g/mol. The molecule has 0 aromatic carbocycles. The van der Waals surface area contributed by atoms with Gasteiger partial charge in [0.15, 0.2) is 5.78 Å². The van der Waals surface area contributed by atoms with Crippen LogP contribution in [0.2, 0.25) is 0 Å². The summed E-state index contributed by atoms with van der Waals surface area (Å²) in [6, 6.07) is -0.280. The third-order valence-corrected chi connectivity index (χ3v) is 3.28. The first-order valence-electron chi connectivity index (χ1n) is 4.36. The van der Waals surface area contributed by atoms with Crippen LogP contribution in [0.15, 0.2) is 0 Å². The Kier molecular flexibility index (Phi) is 5.59. The molecule has 0 aliphatic carbocycles. The first-order valence-corrected chi connectivity index (χ1v) is 5.65. The normalized spacial score (nSPS) is 18.4. The quantitative estimate of drug-likeness (QED) is 0.715. The maximum atomic E-state index is 11.5. The smallest absolute Gasteiger partial charge is 0.162 e. The highest BCUT2D eigenvalue weighted by Crippen LogP contribution is 2.13. The van der Waals surface area contributed by atoms with Gasteiger partial charge in [-0.2, -0.15) is 11.8 Å². The predicted octanol–water partition coefficient (Wildman–Crippen LogP) is 1.68. The highest BCUT2D eigenvalue weighted by atomic mass is 32.2. The van der Waals surface area contributed by atoms with Crippen molar-refractivity contribution in [2.45, 2.75) is 38.5 Å². The van der Waals surface area contributed by atoms with Crippen molar-refractivity contribution < 1.29 is 4.79 Å². The summed E-state index contributed by atoms with van der Waals surface area (Å²) < 4.78 is 0. The molecule has 0 fully saturated rings. The molecule has 0 aromatic rings. The van der Waals surface area contributed by atoms with E-state index in [1.54, 1.807) is 11.8 Å². The van der Waals surface area contributed by atoms with E-state index in [9.17, 15) is 4.79 Å². The fourth-order valence-electron chi connectivity index (χ4n) is 0.922. The molecule has 2 unspecified atom stereocenters. The van der Waals surface area contributed by atoms with Gasteiger partial charge in [-0.3, -0.25) is 4.79 Å². The highest BCUT2D eigenvalue weighted by Gasteiger charge is 2.23. The van der Waals surface area contributed by atoms with Gasteiger partial charge in [0.1, 0.15) is 0 Å². The van der Waals surface area contributed by atoms with Gasteiger partial charge in [-0.25, -0.2) is 0 Å². The van der Waals surface area contributed by atoms with E-state index in [4.69, 9.17) is 5.73 Å². The van der Waals surface area contributed by atoms with Gasteiger partial charge in [0.05, 0.1) is 11.3 Å². The van der Waals surface area contributed by atoms with Gasteiger partial charge in [0.2, 0.25) is 0 Å². The van der Waals surface area contributed by atoms with Crippen LogP contribution in [0.1, 0.15) is 27.2 Å². The number of hydrogen-bond acceptors (Lipinski definition) is 3. The Morgan fingerprint density at radius 2 is 2.00 bits per heavy atom. The van der Waals surface area contributed by atoms with Crippen LogP contribution in [0.4, 0.5) is 0 Å². The second-order valence-electron chi connectivity index (χ2n) is 3.19. The van der Waals surface area contributed by atoms with Crippen molar-refractivity contribution in [2.24, 2.45) is 11.7 Å². The molecule has 0 radical (unpaired) electrons. The molecule has 2 nitrogen and oxygen atoms in total. The summed E-state index contributed by atoms with van der Waals surface area (Å²) >= 11 is 1.56. The van der Waals surface area contributed by atoms with E-state index >= 15 is 0 Å². The third kappa shape index (κ3) is 3.15. The zero-order valence-corrected chi connectivity index (χ0v) is 9.15. The molecular formula is C9H19NOS. The summed E-state index contributed by atoms with van der Waals surface area (Å²) in [5.74, 6) is 0.476. The second-order valence-corrected chi connectivity index (χ2v) is 4.37. The number of carbonyl (C=O) groups excluding carboxylic acids is 1. The fourth-order valence-corrected chi connectivity index (χ4v) is 1.31. The van der Waals surface area contributed by atoms with E-state index in [0.29, 0.717) is 5.92 Å². The number of nitrogens with two attached hydrogens (primary N) is 1. The van der Waals surface area contributed by atoms with Crippen LogP contribution in [0.3, 0.4) is 0 Å². The van der Waals surface area contributed by atoms with Crippen molar-refractivity contribution in [3.8, 4) is 0 Å². The lowest BCUT2D eigenvalue weighted by atomic mass is 9.95. The Morgan fingerprint density at radius 3 is 2.33 bits per heavy atom. The van der Waals surface area contributed by atoms with Gasteiger partial charge in [0, 0.05) is 0 Å². The highest BCUT2D eigenvalue weighted by molar-refractivity contribution is 7.99. The fraction of sp³-hybridized carbons (Fsp3) is 0.889. The number of rotatable bonds is 5. The standard InChI is InChI=1S/C9H19NOS/c1-5-6(2)8(10)9(11)7(3)12-4/h6-8H,5,10H2,1-4H3/t6?,7?,8-/m1/s1. The second kappa shape index (κ2) is 5.60. The van der Waals surface area contributed by atoms with Crippen LogP contribution < -0.4 is 5.73 Å². The van der Waals surface area contributed by atoms with Gasteiger partial charge < -0.3 is 5.73 Å². The van der Waals surface area contributed by atoms with Gasteiger partial charge >= 0.3 is 0 Å². The minimum absolute atomic E-state index is 0.0361. The molecule has 0 bridgehead atoms. The molecule has 0 saturated heterocycles. The maximum Gasteiger partial charge on any atom is 0.162 e. The Balaban J connectivity index is 4.09. The average molecular weight is 189 g/mol. The van der Waals surface area contributed by atoms with Crippen molar-refractivity contribution in [1.29, 1.82) is 0 Å². The topological polar surface area (TPSA) is 43.1 Å². The number of hydrogen-bond donors (Lipinski definition) is 1. The van der Waals surface area contributed by atoms with Gasteiger partial charge in [0.25, 0.3) is 0 Å². The molecule has 0 aliphatic heterocycles. The Bertz CT molecular complexity index is 149. The van der Waals surface area contributed by atoms with E-state index in [2.05, 4.69) is 6.92 Å². The average Bonchev–Trinajstić information content (AvgIpc) is 2.12. The van der Waals surface area contributed by atoms with Crippen LogP contribution in [-0.2, 0) is 4.79 Å². The third-order valence-electron chi connectivity index (χ3n) is 2.34. The lowest BCUT2D eigenvalue weighted by molar-refractivity contribution is -0.120. The molecule has 3 heteroatoms. The van der Waals surface area contributed by atoms with Crippen LogP contribution in [0, 0.1) is 5.92 Å². The number of carbonyl (C=O) groups is 1. The summed E-state index contributed by atoms with van der Waals surface area (Å²) in [6.45, 7) is 5.99. The van der Waals surface area contributed by atoms with Gasteiger partial charge in [-0.15, -0.1) is 0 Å². The first-order chi connectivity index (χ1) is 5.54. The number of ketones is 1. The molecule has 0 heterocycles. The van der Waals surface area contributed by atoms with E-state index in [-0.39, 0.29) is 17.1 Å². The monoisotopic (exact) mass is 189 g/mol. The van der Waals surface area contributed by atoms with Crippen molar-refractivity contribution in [3.63, 3.8) is 0 Å². The molecule has 0 rings (SSSR count). The molecule has 72 valence electrons. The van der Waals surface area contributed by atoms with Crippen LogP contribution in [0.25, 0.3) is 0 Å². The summed E-state index contributed by atoms with van der Waals surface area (Å²) in [6.07, 6.45) is 2.90. The minimum Gasteiger partial charge on any atom is -0.321 e. The van der Waals surface area contributed by atoms with Crippen molar-refractivity contribution in [1.82, 2.24) is 0 Å². The minimum atomic E-state index is -0.280. The zero-order chi connectivity index (χ0) is 9.72. The SMILES string of the molecule is CCC(C)[C@@H](N)C(=O)C(C)SC. The lowest BCUT2D eigenvalue weighted by Gasteiger charge is -2.19. The maximum absolute atomic E-state index is 11.5. The van der Waals surface area contributed by atoms with E-state index < -0.39 is 0 Å². The van der Waals surface area contributed by atoms with Gasteiger partial charge in [-0.1, -0.05) is 20.3 Å². The lowest BCUT2D eigenvalue weighted by Crippen LogP contribution is -2.40. The summed E-state index contributed by atoms with van der Waals surface area (Å²) in [5, 5.41) is 0.0361. The summed E-state index contributed by atoms with van der Waals surface area (Å²) in [4.78, 5) is 11.5. The molecule has 0 spiro atoms. The van der Waals surface area contributed by atoms with E-state index in [0.717, 1.165) is 6.42 Å².